The van der Waals surface area contributed by atoms with Crippen molar-refractivity contribution in [2.45, 2.75) is 91.9 Å². The maximum absolute atomic E-state index is 10.4. The van der Waals surface area contributed by atoms with E-state index in [1.165, 1.54) is 0 Å². The predicted molar refractivity (Wildman–Crippen MR) is 104 cm³/mol. The van der Waals surface area contributed by atoms with Gasteiger partial charge in [-0.15, -0.1) is 6.61 Å². The number of carboxylic acid groups (broad SMARTS) is 3. The van der Waals surface area contributed by atoms with Crippen molar-refractivity contribution in [1.29, 1.82) is 0 Å². The topological polar surface area (TPSA) is 195 Å². The first-order valence-electron chi connectivity index (χ1n) is 10.1. The van der Waals surface area contributed by atoms with Crippen LogP contribution in [0.1, 0.15) is 91.9 Å². The van der Waals surface area contributed by atoms with Crippen LogP contribution in [-0.2, 0) is 50.5 Å². The number of carbonyl (C=O) groups excluding carboxylic acids is 6. The Morgan fingerprint density at radius 1 is 0.500 bits per heavy atom. The van der Waals surface area contributed by atoms with Crippen molar-refractivity contribution in [3.8, 4) is 0 Å². The van der Waals surface area contributed by atoms with E-state index in [0.717, 1.165) is 6.42 Å². The summed E-state index contributed by atoms with van der Waals surface area (Å²) in [4.78, 5) is 60.6. The van der Waals surface area contributed by atoms with Crippen molar-refractivity contribution in [3.05, 3.63) is 0 Å². The van der Waals surface area contributed by atoms with Gasteiger partial charge in [0.2, 0.25) is 0 Å². The molecule has 0 heterocycles. The zero-order valence-electron chi connectivity index (χ0n) is 19.4. The zero-order valence-corrected chi connectivity index (χ0v) is 20.9. The monoisotopic (exact) mass is 494 g/mol. The fraction of sp³-hybridized carbons (Fsp3) is 0.714. The molecule has 0 aromatic heterocycles. The normalized spacial score (nSPS) is 8.53. The Morgan fingerprint density at radius 3 is 0.781 bits per heavy atom. The summed E-state index contributed by atoms with van der Waals surface area (Å²) in [5, 5.41) is 38.6. The summed E-state index contributed by atoms with van der Waals surface area (Å²) in [7, 11) is 0. The summed E-state index contributed by atoms with van der Waals surface area (Å²) in [5.41, 5.74) is 0. The van der Waals surface area contributed by atoms with E-state index in [0.29, 0.717) is 38.5 Å². The molecule has 0 aromatic rings. The number of Topliss-reactive ketones (excluding diaryl/α,β-unsaturated/α-hetero) is 3. The van der Waals surface area contributed by atoms with E-state index in [1.807, 2.05) is 27.7 Å². The van der Waals surface area contributed by atoms with Crippen molar-refractivity contribution >= 4 is 35.3 Å². The van der Waals surface area contributed by atoms with Crippen molar-refractivity contribution in [2.75, 3.05) is 6.61 Å². The summed E-state index contributed by atoms with van der Waals surface area (Å²) in [6, 6.07) is 0. The molecular formula is C21H34O10Ti. The van der Waals surface area contributed by atoms with Crippen LogP contribution < -0.4 is 20.4 Å². The van der Waals surface area contributed by atoms with Crippen LogP contribution in [0.15, 0.2) is 0 Å². The van der Waals surface area contributed by atoms with Gasteiger partial charge in [0.05, 0.1) is 0 Å². The molecule has 0 aromatic carbocycles. The Bertz CT molecular complexity index is 459. The van der Waals surface area contributed by atoms with Gasteiger partial charge in [-0.1, -0.05) is 34.1 Å². The van der Waals surface area contributed by atoms with Crippen LogP contribution in [0.2, 0.25) is 0 Å². The first-order chi connectivity index (χ1) is 14.4. The molecule has 0 atom stereocenters. The molecule has 0 spiro atoms. The van der Waals surface area contributed by atoms with Crippen molar-refractivity contribution in [2.24, 2.45) is 0 Å². The molecule has 0 bridgehead atoms. The number of carbonyl (C=O) groups is 6. The van der Waals surface area contributed by atoms with Crippen LogP contribution in [0.25, 0.3) is 0 Å². The molecule has 0 fully saturated rings. The first-order valence-corrected chi connectivity index (χ1v) is 10.1. The minimum Gasteiger partial charge on any atom is -0.854 e. The van der Waals surface area contributed by atoms with Crippen LogP contribution in [0.4, 0.5) is 0 Å². The Labute approximate surface area is 204 Å². The van der Waals surface area contributed by atoms with Gasteiger partial charge in [-0.3, -0.25) is 14.4 Å². The molecule has 0 unspecified atom stereocenters. The molecule has 11 heteroatoms. The Hall–Kier alpha value is -1.91. The van der Waals surface area contributed by atoms with Gasteiger partial charge >= 0.3 is 21.7 Å². The number of rotatable bonds is 13. The summed E-state index contributed by atoms with van der Waals surface area (Å²) < 4.78 is 0. The maximum atomic E-state index is 10.4. The fourth-order valence-corrected chi connectivity index (χ4v) is 1.58. The molecule has 10 nitrogen and oxygen atoms in total. The third kappa shape index (κ3) is 51.1. The van der Waals surface area contributed by atoms with Gasteiger partial charge in [-0.25, -0.2) is 0 Å². The van der Waals surface area contributed by atoms with E-state index < -0.39 is 37.2 Å². The van der Waals surface area contributed by atoms with E-state index in [4.69, 9.17) is 0 Å². The number of carboxylic acids is 3. The van der Waals surface area contributed by atoms with Gasteiger partial charge in [0.15, 0.2) is 0 Å². The summed E-state index contributed by atoms with van der Waals surface area (Å²) in [6.07, 6.45) is 2.58. The van der Waals surface area contributed by atoms with Gasteiger partial charge in [0, 0.05) is 56.4 Å². The molecule has 0 aliphatic heterocycles. The zero-order chi connectivity index (χ0) is 25.2. The van der Waals surface area contributed by atoms with Crippen LogP contribution >= 0.6 is 0 Å². The number of hydrogen-bond acceptors (Lipinski definition) is 10. The third-order valence-electron chi connectivity index (χ3n) is 2.82. The summed E-state index contributed by atoms with van der Waals surface area (Å²) in [6.45, 7) is 7.42. The molecule has 182 valence electrons. The largest absolute Gasteiger partial charge is 4.00 e. The van der Waals surface area contributed by atoms with Gasteiger partial charge in [-0.05, 0) is 19.3 Å². The Morgan fingerprint density at radius 2 is 0.688 bits per heavy atom. The average Bonchev–Trinajstić information content (AvgIpc) is 2.61. The molecule has 0 aliphatic rings. The standard InChI is InChI=1S/3C6H10O3.C3H7O.Ti/c3*1-2-3-5(7)4-6(8)9;1-2-3-4;/h3*2-4H2,1H3,(H,8,9);2-3H2,1H3;/q;;;-1;+4/p-3. The number of hydrogen-bond donors (Lipinski definition) is 0. The smallest absolute Gasteiger partial charge is 0.854 e. The first kappa shape index (κ1) is 40.5. The second-order valence-electron chi connectivity index (χ2n) is 6.22. The predicted octanol–water partition coefficient (Wildman–Crippen LogP) is -1.76. The molecular weight excluding hydrogens is 460 g/mol. The molecule has 0 saturated carbocycles. The van der Waals surface area contributed by atoms with Crippen molar-refractivity contribution in [3.63, 3.8) is 0 Å². The van der Waals surface area contributed by atoms with Crippen molar-refractivity contribution < 1.29 is 70.9 Å². The van der Waals surface area contributed by atoms with Crippen LogP contribution in [0.3, 0.4) is 0 Å². The van der Waals surface area contributed by atoms with Crippen LogP contribution in [0.5, 0.6) is 0 Å². The second kappa shape index (κ2) is 31.3. The number of aliphatic carboxylic acids is 3. The molecule has 0 amide bonds. The van der Waals surface area contributed by atoms with Crippen LogP contribution in [0, 0.1) is 0 Å². The molecule has 0 rings (SSSR count). The summed E-state index contributed by atoms with van der Waals surface area (Å²) >= 11 is 0. The third-order valence-corrected chi connectivity index (χ3v) is 2.82. The SMILES string of the molecule is CCCC(=O)CC(=O)[O-].CCCC(=O)CC(=O)[O-].CCCC(=O)CC(=O)[O-].CCC[O-].[Ti+4]. The average molecular weight is 494 g/mol. The molecule has 32 heavy (non-hydrogen) atoms. The molecule has 0 N–H and O–H groups in total. The van der Waals surface area contributed by atoms with Crippen LogP contribution in [-0.4, -0.2) is 41.9 Å². The Kier molecular flexibility index (Phi) is 39.5. The van der Waals surface area contributed by atoms with Gasteiger partial charge in [0.25, 0.3) is 0 Å². The van der Waals surface area contributed by atoms with E-state index >= 15 is 0 Å². The van der Waals surface area contributed by atoms with Gasteiger partial charge < -0.3 is 34.8 Å². The van der Waals surface area contributed by atoms with E-state index in [1.54, 1.807) is 0 Å². The van der Waals surface area contributed by atoms with E-state index in [9.17, 15) is 49.2 Å². The maximum Gasteiger partial charge on any atom is 4.00 e. The van der Waals surface area contributed by atoms with E-state index in [2.05, 4.69) is 0 Å². The van der Waals surface area contributed by atoms with Crippen molar-refractivity contribution in [1.82, 2.24) is 0 Å². The van der Waals surface area contributed by atoms with Gasteiger partial charge in [0.1, 0.15) is 17.3 Å². The van der Waals surface area contributed by atoms with Gasteiger partial charge in [-0.2, -0.15) is 0 Å². The quantitative estimate of drug-likeness (QED) is 0.209. The minimum absolute atomic E-state index is 0. The molecule has 0 aliphatic carbocycles. The molecule has 0 saturated heterocycles. The fourth-order valence-electron chi connectivity index (χ4n) is 1.58. The Balaban J connectivity index is -0.000000104. The van der Waals surface area contributed by atoms with E-state index in [-0.39, 0.29) is 45.7 Å². The molecule has 0 radical (unpaired) electrons. The number of ketones is 3. The summed E-state index contributed by atoms with van der Waals surface area (Å²) in [5.74, 6) is -4.61. The minimum atomic E-state index is -1.28. The second-order valence-corrected chi connectivity index (χ2v) is 6.22.